The summed E-state index contributed by atoms with van der Waals surface area (Å²) in [6.45, 7) is 3.96. The molecule has 0 radical (unpaired) electrons. The Morgan fingerprint density at radius 3 is 2.42 bits per heavy atom. The molecule has 1 aliphatic heterocycles. The molecule has 0 aliphatic carbocycles. The molecule has 1 aromatic rings. The Balaban J connectivity index is 2.17. The molecular formula is C17H24N2O5. The van der Waals surface area contributed by atoms with Gasteiger partial charge in [-0.1, -0.05) is 12.1 Å². The zero-order valence-corrected chi connectivity index (χ0v) is 14.7. The lowest BCUT2D eigenvalue weighted by atomic mass is 10.0. The third-order valence-electron chi connectivity index (χ3n) is 3.96. The predicted octanol–water partition coefficient (Wildman–Crippen LogP) is 2.12. The number of nitrogens with one attached hydrogen (secondary N) is 1. The maximum Gasteiger partial charge on any atom is 0.264 e. The minimum atomic E-state index is -0.618. The van der Waals surface area contributed by atoms with E-state index in [0.717, 1.165) is 12.0 Å². The maximum atomic E-state index is 12.2. The Labute approximate surface area is 141 Å². The minimum Gasteiger partial charge on any atom is -0.493 e. The molecule has 0 fully saturated rings. The molecule has 0 aromatic heterocycles. The Morgan fingerprint density at radius 2 is 1.92 bits per heavy atom. The highest BCUT2D eigenvalue weighted by atomic mass is 16.6. The Bertz CT molecular complexity index is 604. The number of methoxy groups -OCH3 is 3. The fourth-order valence-electron chi connectivity index (χ4n) is 2.37. The zero-order chi connectivity index (χ0) is 17.7. The van der Waals surface area contributed by atoms with Gasteiger partial charge < -0.3 is 24.4 Å². The summed E-state index contributed by atoms with van der Waals surface area (Å²) in [6.07, 6.45) is 0.632. The van der Waals surface area contributed by atoms with Crippen LogP contribution in [0.2, 0.25) is 0 Å². The molecule has 2 rings (SSSR count). The van der Waals surface area contributed by atoms with E-state index in [0.29, 0.717) is 29.4 Å². The molecular weight excluding hydrogens is 312 g/mol. The van der Waals surface area contributed by atoms with Crippen LogP contribution in [0.3, 0.4) is 0 Å². The summed E-state index contributed by atoms with van der Waals surface area (Å²) >= 11 is 0. The number of carbonyl (C=O) groups is 1. The molecule has 1 N–H and O–H groups in total. The summed E-state index contributed by atoms with van der Waals surface area (Å²) in [5.74, 6) is 1.41. The summed E-state index contributed by atoms with van der Waals surface area (Å²) in [7, 11) is 4.65. The molecule has 132 valence electrons. The molecule has 1 aromatic carbocycles. The molecule has 2 atom stereocenters. The minimum absolute atomic E-state index is 0.103. The van der Waals surface area contributed by atoms with E-state index in [1.807, 2.05) is 13.8 Å². The van der Waals surface area contributed by atoms with Crippen molar-refractivity contribution in [1.29, 1.82) is 0 Å². The number of hydrogen-bond acceptors (Lipinski definition) is 6. The second kappa shape index (κ2) is 7.90. The number of amides is 1. The summed E-state index contributed by atoms with van der Waals surface area (Å²) in [5, 5.41) is 6.95. The molecule has 0 unspecified atom stereocenters. The van der Waals surface area contributed by atoms with Crippen LogP contribution in [0, 0.1) is 0 Å². The fourth-order valence-corrected chi connectivity index (χ4v) is 2.37. The Morgan fingerprint density at radius 1 is 1.29 bits per heavy atom. The van der Waals surface area contributed by atoms with Crippen molar-refractivity contribution in [3.05, 3.63) is 17.7 Å². The number of nitrogens with zero attached hydrogens (tertiary/aromatic N) is 1. The van der Waals surface area contributed by atoms with Gasteiger partial charge in [-0.2, -0.15) is 0 Å². The van der Waals surface area contributed by atoms with E-state index in [9.17, 15) is 4.79 Å². The first kappa shape index (κ1) is 17.9. The lowest BCUT2D eigenvalue weighted by Gasteiger charge is -2.15. The third kappa shape index (κ3) is 3.72. The summed E-state index contributed by atoms with van der Waals surface area (Å²) < 4.78 is 16.0. The van der Waals surface area contributed by atoms with Crippen LogP contribution in [0.15, 0.2) is 17.3 Å². The van der Waals surface area contributed by atoms with Gasteiger partial charge in [0.05, 0.1) is 27.0 Å². The van der Waals surface area contributed by atoms with Crippen LogP contribution in [0.25, 0.3) is 0 Å². The molecule has 7 nitrogen and oxygen atoms in total. The van der Waals surface area contributed by atoms with Crippen LogP contribution in [-0.4, -0.2) is 45.1 Å². The van der Waals surface area contributed by atoms with Crippen molar-refractivity contribution in [1.82, 2.24) is 5.32 Å². The van der Waals surface area contributed by atoms with Gasteiger partial charge in [0.15, 0.2) is 11.5 Å². The van der Waals surface area contributed by atoms with Crippen molar-refractivity contribution in [3.8, 4) is 17.2 Å². The number of rotatable bonds is 7. The van der Waals surface area contributed by atoms with Crippen molar-refractivity contribution >= 4 is 11.6 Å². The van der Waals surface area contributed by atoms with Crippen LogP contribution >= 0.6 is 0 Å². The van der Waals surface area contributed by atoms with Gasteiger partial charge in [-0.05, 0) is 25.5 Å². The first-order valence-electron chi connectivity index (χ1n) is 7.87. The van der Waals surface area contributed by atoms with Crippen LogP contribution in [0.4, 0.5) is 0 Å². The van der Waals surface area contributed by atoms with Gasteiger partial charge in [-0.15, -0.1) is 0 Å². The van der Waals surface area contributed by atoms with E-state index >= 15 is 0 Å². The van der Waals surface area contributed by atoms with Crippen molar-refractivity contribution in [2.75, 3.05) is 21.3 Å². The van der Waals surface area contributed by atoms with Crippen LogP contribution in [0.1, 0.15) is 32.3 Å². The van der Waals surface area contributed by atoms with Gasteiger partial charge in [-0.3, -0.25) is 4.79 Å². The summed E-state index contributed by atoms with van der Waals surface area (Å²) in [5.41, 5.74) is 1.43. The van der Waals surface area contributed by atoms with E-state index in [1.165, 1.54) is 0 Å². The molecule has 1 amide bonds. The number of benzene rings is 1. The normalized spacial score (nSPS) is 17.5. The molecule has 1 heterocycles. The van der Waals surface area contributed by atoms with E-state index in [1.54, 1.807) is 33.5 Å². The van der Waals surface area contributed by atoms with Gasteiger partial charge in [0.25, 0.3) is 5.91 Å². The zero-order valence-electron chi connectivity index (χ0n) is 14.7. The summed E-state index contributed by atoms with van der Waals surface area (Å²) in [6, 6.07) is 3.68. The largest absolute Gasteiger partial charge is 0.493 e. The van der Waals surface area contributed by atoms with Gasteiger partial charge in [0, 0.05) is 18.0 Å². The fraction of sp³-hybridized carbons (Fsp3) is 0.529. The van der Waals surface area contributed by atoms with Crippen molar-refractivity contribution in [2.24, 2.45) is 5.16 Å². The molecule has 0 bridgehead atoms. The second-order valence-electron chi connectivity index (χ2n) is 5.57. The first-order valence-corrected chi connectivity index (χ1v) is 7.87. The topological polar surface area (TPSA) is 78.4 Å². The van der Waals surface area contributed by atoms with Crippen LogP contribution in [0.5, 0.6) is 17.2 Å². The lowest BCUT2D eigenvalue weighted by molar-refractivity contribution is -0.131. The van der Waals surface area contributed by atoms with Crippen molar-refractivity contribution < 1.29 is 23.8 Å². The van der Waals surface area contributed by atoms with Crippen molar-refractivity contribution in [3.63, 3.8) is 0 Å². The van der Waals surface area contributed by atoms with Gasteiger partial charge in [0.2, 0.25) is 11.9 Å². The smallest absolute Gasteiger partial charge is 0.264 e. The average molecular weight is 336 g/mol. The average Bonchev–Trinajstić information content (AvgIpc) is 3.10. The highest BCUT2D eigenvalue weighted by Crippen LogP contribution is 2.39. The van der Waals surface area contributed by atoms with Crippen LogP contribution < -0.4 is 19.5 Å². The third-order valence-corrected chi connectivity index (χ3v) is 3.96. The molecule has 7 heteroatoms. The number of oxime groups is 1. The lowest BCUT2D eigenvalue weighted by Crippen LogP contribution is -2.39. The molecule has 1 aliphatic rings. The SMILES string of the molecule is CC[C@@H](C)NC(=O)[C@H]1CC(c2cc(OC)c(OC)c(OC)c2)=NO1. The summed E-state index contributed by atoms with van der Waals surface area (Å²) in [4.78, 5) is 17.5. The van der Waals surface area contributed by atoms with Crippen molar-refractivity contribution in [2.45, 2.75) is 38.8 Å². The van der Waals surface area contributed by atoms with E-state index in [-0.39, 0.29) is 11.9 Å². The van der Waals surface area contributed by atoms with Gasteiger partial charge in [-0.25, -0.2) is 0 Å². The van der Waals surface area contributed by atoms with Crippen LogP contribution in [-0.2, 0) is 9.63 Å². The monoisotopic (exact) mass is 336 g/mol. The van der Waals surface area contributed by atoms with Gasteiger partial charge in [0.1, 0.15) is 0 Å². The predicted molar refractivity (Wildman–Crippen MR) is 90.0 cm³/mol. The molecule has 0 saturated carbocycles. The van der Waals surface area contributed by atoms with E-state index < -0.39 is 6.10 Å². The highest BCUT2D eigenvalue weighted by molar-refractivity contribution is 6.04. The van der Waals surface area contributed by atoms with E-state index in [4.69, 9.17) is 19.0 Å². The Hall–Kier alpha value is -2.44. The van der Waals surface area contributed by atoms with Gasteiger partial charge >= 0.3 is 0 Å². The molecule has 0 saturated heterocycles. The Kier molecular flexibility index (Phi) is 5.89. The first-order chi connectivity index (χ1) is 11.5. The van der Waals surface area contributed by atoms with E-state index in [2.05, 4.69) is 10.5 Å². The number of ether oxygens (including phenoxy) is 3. The highest BCUT2D eigenvalue weighted by Gasteiger charge is 2.30. The molecule has 24 heavy (non-hydrogen) atoms. The second-order valence-corrected chi connectivity index (χ2v) is 5.57. The maximum absolute atomic E-state index is 12.2. The molecule has 0 spiro atoms. The number of hydrogen-bond donors (Lipinski definition) is 1. The standard InChI is InChI=1S/C17H24N2O5/c1-6-10(2)18-17(20)15-9-12(19-24-15)11-7-13(21-3)16(23-5)14(8-11)22-4/h7-8,10,15H,6,9H2,1-5H3,(H,18,20)/t10-,15-/m1/s1. The quantitative estimate of drug-likeness (QED) is 0.825. The number of carbonyl (C=O) groups excluding carboxylic acids is 1.